The van der Waals surface area contributed by atoms with Gasteiger partial charge in [0.2, 0.25) is 5.91 Å². The van der Waals surface area contributed by atoms with Crippen molar-refractivity contribution < 1.29 is 9.53 Å². The molecule has 0 aromatic carbocycles. The van der Waals surface area contributed by atoms with Crippen molar-refractivity contribution in [1.82, 2.24) is 10.6 Å². The number of ether oxygens (including phenoxy) is 1. The molecule has 0 aliphatic carbocycles. The molecule has 0 bridgehead atoms. The highest BCUT2D eigenvalue weighted by atomic mass is 16.5. The van der Waals surface area contributed by atoms with E-state index in [0.29, 0.717) is 19.1 Å². The van der Waals surface area contributed by atoms with E-state index < -0.39 is 0 Å². The number of carbonyl (C=O) groups excluding carboxylic acids is 1. The van der Waals surface area contributed by atoms with E-state index in [2.05, 4.69) is 24.5 Å². The van der Waals surface area contributed by atoms with Gasteiger partial charge in [-0.3, -0.25) is 4.79 Å². The standard InChI is InChI=1S/C14H28N2O2/c1-4-6-7-11(5-2)8-16-14(17)12-9-18-10-13(12)15-3/h11-13,15H,4-10H2,1-3H3,(H,16,17). The first-order chi connectivity index (χ1) is 8.72. The maximum atomic E-state index is 12.1. The van der Waals surface area contributed by atoms with Crippen molar-refractivity contribution in [3.05, 3.63) is 0 Å². The van der Waals surface area contributed by atoms with Crippen molar-refractivity contribution in [3.63, 3.8) is 0 Å². The predicted octanol–water partition coefficient (Wildman–Crippen LogP) is 1.55. The largest absolute Gasteiger partial charge is 0.379 e. The summed E-state index contributed by atoms with van der Waals surface area (Å²) in [5, 5.41) is 6.23. The fourth-order valence-corrected chi connectivity index (χ4v) is 2.42. The minimum Gasteiger partial charge on any atom is -0.379 e. The van der Waals surface area contributed by atoms with Crippen molar-refractivity contribution in [2.75, 3.05) is 26.8 Å². The molecule has 1 rings (SSSR count). The van der Waals surface area contributed by atoms with Crippen LogP contribution < -0.4 is 10.6 Å². The van der Waals surface area contributed by atoms with Crippen LogP contribution >= 0.6 is 0 Å². The molecule has 1 aliphatic heterocycles. The average Bonchev–Trinajstić information content (AvgIpc) is 2.87. The van der Waals surface area contributed by atoms with Gasteiger partial charge < -0.3 is 15.4 Å². The van der Waals surface area contributed by atoms with Crippen LogP contribution in [-0.2, 0) is 9.53 Å². The Morgan fingerprint density at radius 3 is 2.78 bits per heavy atom. The van der Waals surface area contributed by atoms with Crippen LogP contribution in [-0.4, -0.2) is 38.8 Å². The van der Waals surface area contributed by atoms with Crippen LogP contribution in [0, 0.1) is 11.8 Å². The molecular weight excluding hydrogens is 228 g/mol. The van der Waals surface area contributed by atoms with Crippen LogP contribution in [0.5, 0.6) is 0 Å². The summed E-state index contributed by atoms with van der Waals surface area (Å²) < 4.78 is 5.36. The molecule has 3 atom stereocenters. The van der Waals surface area contributed by atoms with Gasteiger partial charge in [0.05, 0.1) is 19.1 Å². The lowest BCUT2D eigenvalue weighted by Crippen LogP contribution is -2.43. The Labute approximate surface area is 111 Å². The number of carbonyl (C=O) groups is 1. The molecule has 1 amide bonds. The van der Waals surface area contributed by atoms with Gasteiger partial charge >= 0.3 is 0 Å². The average molecular weight is 256 g/mol. The molecule has 1 heterocycles. The van der Waals surface area contributed by atoms with Gasteiger partial charge in [-0.1, -0.05) is 33.1 Å². The Kier molecular flexibility index (Phi) is 7.28. The molecule has 2 N–H and O–H groups in total. The molecule has 1 aliphatic rings. The first-order valence-corrected chi connectivity index (χ1v) is 7.25. The van der Waals surface area contributed by atoms with Gasteiger partial charge in [-0.15, -0.1) is 0 Å². The van der Waals surface area contributed by atoms with Gasteiger partial charge in [-0.05, 0) is 19.4 Å². The smallest absolute Gasteiger partial charge is 0.227 e. The van der Waals surface area contributed by atoms with E-state index in [4.69, 9.17) is 4.74 Å². The molecule has 18 heavy (non-hydrogen) atoms. The van der Waals surface area contributed by atoms with E-state index in [1.54, 1.807) is 0 Å². The minimum atomic E-state index is -0.0290. The highest BCUT2D eigenvalue weighted by Gasteiger charge is 2.32. The monoisotopic (exact) mass is 256 g/mol. The molecule has 1 fully saturated rings. The number of likely N-dealkylation sites (N-methyl/N-ethyl adjacent to an activating group) is 1. The summed E-state index contributed by atoms with van der Waals surface area (Å²) in [6.45, 7) is 6.40. The fraction of sp³-hybridized carbons (Fsp3) is 0.929. The summed E-state index contributed by atoms with van der Waals surface area (Å²) in [5.41, 5.74) is 0. The number of hydrogen-bond donors (Lipinski definition) is 2. The van der Waals surface area contributed by atoms with E-state index in [9.17, 15) is 4.79 Å². The summed E-state index contributed by atoms with van der Waals surface area (Å²) in [4.78, 5) is 12.1. The summed E-state index contributed by atoms with van der Waals surface area (Å²) in [6, 6.07) is 0.167. The molecule has 0 radical (unpaired) electrons. The predicted molar refractivity (Wildman–Crippen MR) is 73.5 cm³/mol. The van der Waals surface area contributed by atoms with Gasteiger partial charge in [0.1, 0.15) is 0 Å². The maximum Gasteiger partial charge on any atom is 0.227 e. The third-order valence-electron chi connectivity index (χ3n) is 3.90. The topological polar surface area (TPSA) is 50.4 Å². The van der Waals surface area contributed by atoms with E-state index >= 15 is 0 Å². The minimum absolute atomic E-state index is 0.0290. The second kappa shape index (κ2) is 8.48. The third kappa shape index (κ3) is 4.58. The second-order valence-electron chi connectivity index (χ2n) is 5.20. The fourth-order valence-electron chi connectivity index (χ4n) is 2.42. The Bertz CT molecular complexity index is 246. The van der Waals surface area contributed by atoms with E-state index in [1.807, 2.05) is 7.05 Å². The Hall–Kier alpha value is -0.610. The molecule has 0 aromatic heterocycles. The van der Waals surface area contributed by atoms with Gasteiger partial charge in [0.25, 0.3) is 0 Å². The summed E-state index contributed by atoms with van der Waals surface area (Å²) in [5.74, 6) is 0.727. The van der Waals surface area contributed by atoms with Crippen LogP contribution in [0.4, 0.5) is 0 Å². The lowest BCUT2D eigenvalue weighted by atomic mass is 9.98. The second-order valence-corrected chi connectivity index (χ2v) is 5.20. The van der Waals surface area contributed by atoms with E-state index in [1.165, 1.54) is 19.3 Å². The lowest BCUT2D eigenvalue weighted by Gasteiger charge is -2.19. The van der Waals surface area contributed by atoms with Crippen LogP contribution in [0.1, 0.15) is 39.5 Å². The SMILES string of the molecule is CCCCC(CC)CNC(=O)C1COCC1NC. The number of hydrogen-bond acceptors (Lipinski definition) is 3. The molecule has 0 spiro atoms. The van der Waals surface area contributed by atoms with Gasteiger partial charge in [0, 0.05) is 12.6 Å². The van der Waals surface area contributed by atoms with Crippen LogP contribution in [0.3, 0.4) is 0 Å². The van der Waals surface area contributed by atoms with E-state index in [0.717, 1.165) is 13.0 Å². The molecule has 1 saturated heterocycles. The first kappa shape index (κ1) is 15.4. The van der Waals surface area contributed by atoms with Gasteiger partial charge in [-0.2, -0.15) is 0 Å². The van der Waals surface area contributed by atoms with Gasteiger partial charge in [-0.25, -0.2) is 0 Å². The molecule has 4 heteroatoms. The molecule has 4 nitrogen and oxygen atoms in total. The molecule has 106 valence electrons. The lowest BCUT2D eigenvalue weighted by molar-refractivity contribution is -0.125. The van der Waals surface area contributed by atoms with Gasteiger partial charge in [0.15, 0.2) is 0 Å². The summed E-state index contributed by atoms with van der Waals surface area (Å²) in [7, 11) is 1.88. The number of nitrogens with one attached hydrogen (secondary N) is 2. The zero-order chi connectivity index (χ0) is 13.4. The normalized spacial score (nSPS) is 25.1. The Morgan fingerprint density at radius 1 is 1.39 bits per heavy atom. The van der Waals surface area contributed by atoms with E-state index in [-0.39, 0.29) is 17.9 Å². The van der Waals surface area contributed by atoms with Crippen molar-refractivity contribution >= 4 is 5.91 Å². The highest BCUT2D eigenvalue weighted by molar-refractivity contribution is 5.79. The van der Waals surface area contributed by atoms with Crippen molar-refractivity contribution in [2.45, 2.75) is 45.6 Å². The van der Waals surface area contributed by atoms with Crippen molar-refractivity contribution in [3.8, 4) is 0 Å². The highest BCUT2D eigenvalue weighted by Crippen LogP contribution is 2.15. The summed E-state index contributed by atoms with van der Waals surface area (Å²) in [6.07, 6.45) is 4.82. The number of unbranched alkanes of at least 4 members (excludes halogenated alkanes) is 1. The molecule has 0 aromatic rings. The number of rotatable bonds is 8. The zero-order valence-electron chi connectivity index (χ0n) is 12.0. The van der Waals surface area contributed by atoms with Crippen molar-refractivity contribution in [1.29, 1.82) is 0 Å². The first-order valence-electron chi connectivity index (χ1n) is 7.25. The summed E-state index contributed by atoms with van der Waals surface area (Å²) >= 11 is 0. The Balaban J connectivity index is 2.30. The van der Waals surface area contributed by atoms with Crippen LogP contribution in [0.2, 0.25) is 0 Å². The zero-order valence-corrected chi connectivity index (χ0v) is 12.0. The molecule has 3 unspecified atom stereocenters. The molecular formula is C14H28N2O2. The maximum absolute atomic E-state index is 12.1. The quantitative estimate of drug-likeness (QED) is 0.693. The Morgan fingerprint density at radius 2 is 2.17 bits per heavy atom. The molecule has 0 saturated carbocycles. The van der Waals surface area contributed by atoms with Crippen LogP contribution in [0.15, 0.2) is 0 Å². The third-order valence-corrected chi connectivity index (χ3v) is 3.90. The van der Waals surface area contributed by atoms with Crippen molar-refractivity contribution in [2.24, 2.45) is 11.8 Å². The number of amides is 1. The van der Waals surface area contributed by atoms with Crippen LogP contribution in [0.25, 0.3) is 0 Å².